The van der Waals surface area contributed by atoms with Crippen LogP contribution in [0, 0.1) is 9.39 Å². The lowest BCUT2D eigenvalue weighted by atomic mass is 10.1. The van der Waals surface area contributed by atoms with Gasteiger partial charge in [-0.25, -0.2) is 13.8 Å². The molecule has 160 valence electrons. The van der Waals surface area contributed by atoms with Gasteiger partial charge in [0.2, 0.25) is 0 Å². The Hall–Kier alpha value is -2.50. The highest BCUT2D eigenvalue weighted by molar-refractivity contribution is 14.1. The highest BCUT2D eigenvalue weighted by Gasteiger charge is 2.15. The Labute approximate surface area is 193 Å². The van der Waals surface area contributed by atoms with Crippen molar-refractivity contribution in [2.24, 2.45) is 0 Å². The minimum atomic E-state index is -1.12. The predicted octanol–water partition coefficient (Wildman–Crippen LogP) is 4.96. The zero-order valence-electron chi connectivity index (χ0n) is 15.8. The van der Waals surface area contributed by atoms with E-state index in [4.69, 9.17) is 11.6 Å². The summed E-state index contributed by atoms with van der Waals surface area (Å²) >= 11 is 8.19. The first-order valence-corrected chi connectivity index (χ1v) is 10.7. The Morgan fingerprint density at radius 2 is 2.03 bits per heavy atom. The summed E-state index contributed by atoms with van der Waals surface area (Å²) in [5.41, 5.74) is 1.32. The summed E-state index contributed by atoms with van der Waals surface area (Å²) in [4.78, 5) is 20.0. The van der Waals surface area contributed by atoms with Gasteiger partial charge < -0.3 is 20.7 Å². The Bertz CT molecular complexity index is 1330. The number of aliphatic hydroxyl groups is 1. The number of nitrogens with zero attached hydrogens (tertiary/aromatic N) is 1. The Balaban J connectivity index is 1.86. The quantitative estimate of drug-likeness (QED) is 0.199. The maximum atomic E-state index is 13.6. The van der Waals surface area contributed by atoms with Crippen molar-refractivity contribution in [2.45, 2.75) is 6.10 Å². The number of hydrogen-bond acceptors (Lipinski definition) is 5. The largest absolute Gasteiger partial charge is 0.389 e. The molecule has 0 radical (unpaired) electrons. The molecule has 4 rings (SSSR count). The Morgan fingerprint density at radius 3 is 2.77 bits per heavy atom. The van der Waals surface area contributed by atoms with E-state index >= 15 is 0 Å². The van der Waals surface area contributed by atoms with Crippen LogP contribution < -0.4 is 16.2 Å². The second-order valence-corrected chi connectivity index (χ2v) is 8.42. The van der Waals surface area contributed by atoms with E-state index < -0.39 is 18.6 Å². The van der Waals surface area contributed by atoms with E-state index in [0.29, 0.717) is 42.4 Å². The highest BCUT2D eigenvalue weighted by atomic mass is 127. The number of nitrogens with one attached hydrogen (secondary N) is 3. The predicted molar refractivity (Wildman–Crippen MR) is 128 cm³/mol. The topological polar surface area (TPSA) is 90.0 Å². The summed E-state index contributed by atoms with van der Waals surface area (Å²) < 4.78 is 26.7. The minimum Gasteiger partial charge on any atom is -0.389 e. The van der Waals surface area contributed by atoms with Gasteiger partial charge in [-0.15, -0.1) is 0 Å². The highest BCUT2D eigenvalue weighted by Crippen LogP contribution is 2.35. The fraction of sp³-hybridized carbons (Fsp3) is 0.143. The molecule has 0 saturated heterocycles. The SMILES string of the molecule is O=c1[nH]ccc2c(Nc3c(Cl)cc(F)cc3I)nc3ccc(NCC(O)CF)cc3c12. The lowest BCUT2D eigenvalue weighted by Crippen LogP contribution is -2.21. The zero-order chi connectivity index (χ0) is 22.1. The van der Waals surface area contributed by atoms with Crippen molar-refractivity contribution in [3.05, 3.63) is 67.4 Å². The molecule has 0 aliphatic carbocycles. The lowest BCUT2D eigenvalue weighted by Gasteiger charge is -2.15. The van der Waals surface area contributed by atoms with Crippen LogP contribution in [0.1, 0.15) is 0 Å². The van der Waals surface area contributed by atoms with Crippen LogP contribution in [-0.2, 0) is 0 Å². The van der Waals surface area contributed by atoms with Crippen molar-refractivity contribution in [1.29, 1.82) is 0 Å². The van der Waals surface area contributed by atoms with Crippen molar-refractivity contribution in [3.63, 3.8) is 0 Å². The molecule has 0 bridgehead atoms. The van der Waals surface area contributed by atoms with E-state index in [1.54, 1.807) is 24.3 Å². The van der Waals surface area contributed by atoms with Gasteiger partial charge in [-0.1, -0.05) is 11.6 Å². The summed E-state index contributed by atoms with van der Waals surface area (Å²) in [6.07, 6.45) is 0.392. The average Bonchev–Trinajstić information content (AvgIpc) is 2.74. The van der Waals surface area contributed by atoms with E-state index in [0.717, 1.165) is 0 Å². The molecule has 31 heavy (non-hydrogen) atoms. The summed E-state index contributed by atoms with van der Waals surface area (Å²) in [7, 11) is 0. The van der Waals surface area contributed by atoms with Gasteiger partial charge in [0.25, 0.3) is 5.56 Å². The van der Waals surface area contributed by atoms with Crippen molar-refractivity contribution in [2.75, 3.05) is 23.9 Å². The number of aromatic nitrogens is 2. The molecule has 1 atom stereocenters. The summed E-state index contributed by atoms with van der Waals surface area (Å²) in [5.74, 6) is -0.0563. The number of alkyl halides is 1. The number of pyridine rings is 2. The third-order valence-corrected chi connectivity index (χ3v) is 5.83. The van der Waals surface area contributed by atoms with Gasteiger partial charge in [-0.2, -0.15) is 0 Å². The molecule has 4 N–H and O–H groups in total. The normalized spacial score (nSPS) is 12.3. The fourth-order valence-corrected chi connectivity index (χ4v) is 4.37. The third kappa shape index (κ3) is 4.43. The molecular formula is C21H16ClF2IN4O2. The number of H-pyrrole nitrogens is 1. The van der Waals surface area contributed by atoms with E-state index in [-0.39, 0.29) is 17.1 Å². The summed E-state index contributed by atoms with van der Waals surface area (Å²) in [6.45, 7) is -0.824. The van der Waals surface area contributed by atoms with Crippen LogP contribution in [0.2, 0.25) is 5.02 Å². The summed E-state index contributed by atoms with van der Waals surface area (Å²) in [6, 6.07) is 9.42. The first kappa shape index (κ1) is 21.7. The van der Waals surface area contributed by atoms with E-state index in [1.807, 2.05) is 22.6 Å². The van der Waals surface area contributed by atoms with Gasteiger partial charge in [0.15, 0.2) is 0 Å². The average molecular weight is 557 g/mol. The van der Waals surface area contributed by atoms with Crippen LogP contribution in [0.3, 0.4) is 0 Å². The van der Waals surface area contributed by atoms with Crippen molar-refractivity contribution < 1.29 is 13.9 Å². The maximum absolute atomic E-state index is 13.6. The van der Waals surface area contributed by atoms with Gasteiger partial charge in [0, 0.05) is 32.8 Å². The maximum Gasteiger partial charge on any atom is 0.256 e. The first-order valence-electron chi connectivity index (χ1n) is 9.22. The second-order valence-electron chi connectivity index (χ2n) is 6.85. The Morgan fingerprint density at radius 1 is 1.23 bits per heavy atom. The minimum absolute atomic E-state index is 0.0326. The molecule has 0 aliphatic rings. The molecule has 6 nitrogen and oxygen atoms in total. The monoisotopic (exact) mass is 556 g/mol. The van der Waals surface area contributed by atoms with Crippen LogP contribution in [0.4, 0.5) is 26.0 Å². The van der Waals surface area contributed by atoms with E-state index in [1.165, 1.54) is 18.3 Å². The molecule has 2 aromatic heterocycles. The molecule has 0 amide bonds. The fourth-order valence-electron chi connectivity index (χ4n) is 3.23. The Kier molecular flexibility index (Phi) is 6.26. The number of rotatable bonds is 6. The zero-order valence-corrected chi connectivity index (χ0v) is 18.8. The van der Waals surface area contributed by atoms with Gasteiger partial charge in [0.05, 0.1) is 27.7 Å². The molecule has 0 fully saturated rings. The van der Waals surface area contributed by atoms with Gasteiger partial charge in [-0.05, 0) is 59.0 Å². The van der Waals surface area contributed by atoms with E-state index in [9.17, 15) is 18.7 Å². The van der Waals surface area contributed by atoms with Crippen LogP contribution >= 0.6 is 34.2 Å². The van der Waals surface area contributed by atoms with Gasteiger partial charge in [-0.3, -0.25) is 4.79 Å². The molecule has 1 unspecified atom stereocenters. The van der Waals surface area contributed by atoms with Gasteiger partial charge in [0.1, 0.15) is 18.3 Å². The smallest absolute Gasteiger partial charge is 0.256 e. The number of halogens is 4. The van der Waals surface area contributed by atoms with Crippen LogP contribution in [0.25, 0.3) is 21.7 Å². The number of benzene rings is 2. The van der Waals surface area contributed by atoms with Crippen LogP contribution in [0.5, 0.6) is 0 Å². The second kappa shape index (κ2) is 8.93. The molecular weight excluding hydrogens is 541 g/mol. The molecule has 2 heterocycles. The number of fused-ring (bicyclic) bond motifs is 3. The molecule has 4 aromatic rings. The van der Waals surface area contributed by atoms with Gasteiger partial charge >= 0.3 is 0 Å². The first-order chi connectivity index (χ1) is 14.9. The van der Waals surface area contributed by atoms with Crippen molar-refractivity contribution >= 4 is 73.1 Å². The number of aliphatic hydroxyl groups excluding tert-OH is 1. The number of aromatic amines is 1. The molecule has 0 aliphatic heterocycles. The van der Waals surface area contributed by atoms with E-state index in [2.05, 4.69) is 20.6 Å². The molecule has 0 saturated carbocycles. The van der Waals surface area contributed by atoms with Crippen LogP contribution in [0.15, 0.2) is 47.4 Å². The molecule has 2 aromatic carbocycles. The molecule has 0 spiro atoms. The van der Waals surface area contributed by atoms with Crippen LogP contribution in [-0.4, -0.2) is 34.4 Å². The summed E-state index contributed by atoms with van der Waals surface area (Å²) in [5, 5.41) is 17.2. The molecule has 10 heteroatoms. The standard InChI is InChI=1S/C21H16ClF2IN4O2/c22-15-5-10(24)6-16(25)19(15)29-20-13-3-4-26-21(31)18(13)14-7-11(1-2-17(14)28-20)27-9-12(30)8-23/h1-7,12,27,30H,8-9H2,(H,26,31)(H,28,29). The van der Waals surface area contributed by atoms with Crippen molar-refractivity contribution in [3.8, 4) is 0 Å². The van der Waals surface area contributed by atoms with Crippen molar-refractivity contribution in [1.82, 2.24) is 9.97 Å². The third-order valence-electron chi connectivity index (χ3n) is 4.68. The lowest BCUT2D eigenvalue weighted by molar-refractivity contribution is 0.151. The number of hydrogen-bond donors (Lipinski definition) is 4. The number of anilines is 3.